The van der Waals surface area contributed by atoms with E-state index >= 15 is 0 Å². The standard InChI is InChI=1S/C8H9BrO3S/c1-12-8(11)3-6(10)7-2-5(9)4-13-7/h2,4,6,10H,3H2,1H3/t6-/m0/s1. The molecule has 72 valence electrons. The molecule has 0 bridgehead atoms. The van der Waals surface area contributed by atoms with E-state index in [2.05, 4.69) is 20.7 Å². The first-order valence-electron chi connectivity index (χ1n) is 3.62. The van der Waals surface area contributed by atoms with Crippen molar-refractivity contribution in [3.05, 3.63) is 20.8 Å². The number of carbonyl (C=O) groups is 1. The highest BCUT2D eigenvalue weighted by molar-refractivity contribution is 9.10. The van der Waals surface area contributed by atoms with E-state index in [1.165, 1.54) is 18.4 Å². The predicted molar refractivity (Wildman–Crippen MR) is 53.6 cm³/mol. The van der Waals surface area contributed by atoms with Crippen molar-refractivity contribution in [1.29, 1.82) is 0 Å². The molecule has 0 fully saturated rings. The van der Waals surface area contributed by atoms with Crippen LogP contribution in [0.15, 0.2) is 15.9 Å². The van der Waals surface area contributed by atoms with E-state index in [9.17, 15) is 9.90 Å². The number of halogens is 1. The molecule has 1 heterocycles. The van der Waals surface area contributed by atoms with Gasteiger partial charge < -0.3 is 9.84 Å². The van der Waals surface area contributed by atoms with Gasteiger partial charge >= 0.3 is 5.97 Å². The SMILES string of the molecule is COC(=O)C[C@H](O)c1cc(Br)cs1. The molecule has 0 saturated heterocycles. The van der Waals surface area contributed by atoms with Gasteiger partial charge in [-0.15, -0.1) is 11.3 Å². The third-order valence-electron chi connectivity index (χ3n) is 1.50. The van der Waals surface area contributed by atoms with Crippen LogP contribution >= 0.6 is 27.3 Å². The van der Waals surface area contributed by atoms with Crippen LogP contribution in [0.4, 0.5) is 0 Å². The third kappa shape index (κ3) is 3.10. The van der Waals surface area contributed by atoms with Gasteiger partial charge in [0.05, 0.1) is 19.6 Å². The maximum atomic E-state index is 10.8. The Balaban J connectivity index is 2.58. The van der Waals surface area contributed by atoms with Gasteiger partial charge in [-0.3, -0.25) is 4.79 Å². The summed E-state index contributed by atoms with van der Waals surface area (Å²) in [5, 5.41) is 11.4. The van der Waals surface area contributed by atoms with Crippen molar-refractivity contribution in [1.82, 2.24) is 0 Å². The normalized spacial score (nSPS) is 12.5. The maximum absolute atomic E-state index is 10.8. The zero-order valence-corrected chi connectivity index (χ0v) is 9.39. The van der Waals surface area contributed by atoms with Gasteiger partial charge in [0.25, 0.3) is 0 Å². The van der Waals surface area contributed by atoms with Crippen LogP contribution in [-0.4, -0.2) is 18.2 Å². The van der Waals surface area contributed by atoms with E-state index in [0.717, 1.165) is 9.35 Å². The van der Waals surface area contributed by atoms with Crippen LogP contribution in [0.2, 0.25) is 0 Å². The second kappa shape index (κ2) is 4.74. The minimum atomic E-state index is -0.760. The Kier molecular flexibility index (Phi) is 3.90. The number of methoxy groups -OCH3 is 1. The summed E-state index contributed by atoms with van der Waals surface area (Å²) in [6.07, 6.45) is -0.757. The van der Waals surface area contributed by atoms with Gasteiger partial charge in [0.2, 0.25) is 0 Å². The fourth-order valence-electron chi connectivity index (χ4n) is 0.845. The van der Waals surface area contributed by atoms with Crippen molar-refractivity contribution in [2.75, 3.05) is 7.11 Å². The van der Waals surface area contributed by atoms with E-state index in [1.807, 2.05) is 5.38 Å². The van der Waals surface area contributed by atoms with E-state index in [1.54, 1.807) is 6.07 Å². The molecule has 0 aromatic carbocycles. The molecular formula is C8H9BrO3S. The summed E-state index contributed by atoms with van der Waals surface area (Å²) < 4.78 is 5.36. The summed E-state index contributed by atoms with van der Waals surface area (Å²) in [7, 11) is 1.30. The van der Waals surface area contributed by atoms with Crippen molar-refractivity contribution < 1.29 is 14.6 Å². The van der Waals surface area contributed by atoms with Gasteiger partial charge in [-0.05, 0) is 22.0 Å². The quantitative estimate of drug-likeness (QED) is 0.851. The number of hydrogen-bond donors (Lipinski definition) is 1. The molecule has 0 aliphatic heterocycles. The number of hydrogen-bond acceptors (Lipinski definition) is 4. The molecule has 0 radical (unpaired) electrons. The Morgan fingerprint density at radius 1 is 1.85 bits per heavy atom. The van der Waals surface area contributed by atoms with Crippen molar-refractivity contribution in [2.24, 2.45) is 0 Å². The van der Waals surface area contributed by atoms with Crippen molar-refractivity contribution >= 4 is 33.2 Å². The van der Waals surface area contributed by atoms with Crippen LogP contribution in [0, 0.1) is 0 Å². The van der Waals surface area contributed by atoms with E-state index < -0.39 is 12.1 Å². The molecule has 1 aromatic rings. The van der Waals surface area contributed by atoms with Crippen molar-refractivity contribution in [3.63, 3.8) is 0 Å². The molecule has 1 aromatic heterocycles. The molecule has 0 aliphatic carbocycles. The summed E-state index contributed by atoms with van der Waals surface area (Å²) in [4.78, 5) is 11.6. The van der Waals surface area contributed by atoms with Gasteiger partial charge in [0, 0.05) is 14.7 Å². The molecule has 0 unspecified atom stereocenters. The first-order valence-corrected chi connectivity index (χ1v) is 5.29. The molecule has 1 atom stereocenters. The molecule has 0 spiro atoms. The zero-order valence-electron chi connectivity index (χ0n) is 6.99. The van der Waals surface area contributed by atoms with E-state index in [0.29, 0.717) is 0 Å². The molecule has 1 rings (SSSR count). The second-order valence-corrected chi connectivity index (χ2v) is 4.32. The van der Waals surface area contributed by atoms with Crippen LogP contribution in [-0.2, 0) is 9.53 Å². The lowest BCUT2D eigenvalue weighted by Gasteiger charge is -2.05. The van der Waals surface area contributed by atoms with Gasteiger partial charge in [-0.1, -0.05) is 0 Å². The number of aliphatic hydroxyl groups is 1. The number of aliphatic hydroxyl groups excluding tert-OH is 1. The summed E-state index contributed by atoms with van der Waals surface area (Å²) in [5.74, 6) is -0.406. The minimum absolute atomic E-state index is 0.00343. The summed E-state index contributed by atoms with van der Waals surface area (Å²) in [6.45, 7) is 0. The number of ether oxygens (including phenoxy) is 1. The maximum Gasteiger partial charge on any atom is 0.308 e. The smallest absolute Gasteiger partial charge is 0.308 e. The van der Waals surface area contributed by atoms with Crippen molar-refractivity contribution in [2.45, 2.75) is 12.5 Å². The second-order valence-electron chi connectivity index (χ2n) is 2.46. The highest BCUT2D eigenvalue weighted by Crippen LogP contribution is 2.27. The lowest BCUT2D eigenvalue weighted by Crippen LogP contribution is -2.06. The molecule has 0 saturated carbocycles. The lowest BCUT2D eigenvalue weighted by molar-refractivity contribution is -0.142. The van der Waals surface area contributed by atoms with Crippen LogP contribution in [0.1, 0.15) is 17.4 Å². The molecule has 3 nitrogen and oxygen atoms in total. The van der Waals surface area contributed by atoms with Gasteiger partial charge in [0.1, 0.15) is 0 Å². The summed E-state index contributed by atoms with van der Waals surface area (Å²) in [5.41, 5.74) is 0. The van der Waals surface area contributed by atoms with Gasteiger partial charge in [-0.25, -0.2) is 0 Å². The molecular weight excluding hydrogens is 256 g/mol. The topological polar surface area (TPSA) is 46.5 Å². The monoisotopic (exact) mass is 264 g/mol. The van der Waals surface area contributed by atoms with E-state index in [-0.39, 0.29) is 6.42 Å². The average Bonchev–Trinajstić information content (AvgIpc) is 2.51. The van der Waals surface area contributed by atoms with Crippen LogP contribution < -0.4 is 0 Å². The van der Waals surface area contributed by atoms with Crippen LogP contribution in [0.3, 0.4) is 0 Å². The summed E-state index contributed by atoms with van der Waals surface area (Å²) in [6, 6.07) is 1.79. The lowest BCUT2D eigenvalue weighted by atomic mass is 10.2. The minimum Gasteiger partial charge on any atom is -0.469 e. The fourth-order valence-corrected chi connectivity index (χ4v) is 2.28. The van der Waals surface area contributed by atoms with Crippen LogP contribution in [0.25, 0.3) is 0 Å². The highest BCUT2D eigenvalue weighted by atomic mass is 79.9. The molecule has 1 N–H and O–H groups in total. The molecule has 0 amide bonds. The number of carbonyl (C=O) groups excluding carboxylic acids is 1. The highest BCUT2D eigenvalue weighted by Gasteiger charge is 2.14. The number of thiophene rings is 1. The predicted octanol–water partition coefficient (Wildman–Crippen LogP) is 2.11. The molecule has 0 aliphatic rings. The Hall–Kier alpha value is -0.390. The molecule has 5 heteroatoms. The molecule has 13 heavy (non-hydrogen) atoms. The summed E-state index contributed by atoms with van der Waals surface area (Å²) >= 11 is 4.67. The Bertz CT molecular complexity index is 297. The zero-order chi connectivity index (χ0) is 9.84. The van der Waals surface area contributed by atoms with Crippen LogP contribution in [0.5, 0.6) is 0 Å². The first kappa shape index (κ1) is 10.7. The van der Waals surface area contributed by atoms with E-state index in [4.69, 9.17) is 0 Å². The largest absolute Gasteiger partial charge is 0.469 e. The Morgan fingerprint density at radius 2 is 2.54 bits per heavy atom. The Labute approximate surface area is 88.5 Å². The average molecular weight is 265 g/mol. The number of esters is 1. The number of rotatable bonds is 3. The van der Waals surface area contributed by atoms with Gasteiger partial charge in [-0.2, -0.15) is 0 Å². The first-order chi connectivity index (χ1) is 6.13. The van der Waals surface area contributed by atoms with Crippen molar-refractivity contribution in [3.8, 4) is 0 Å². The van der Waals surface area contributed by atoms with Gasteiger partial charge in [0.15, 0.2) is 0 Å². The third-order valence-corrected chi connectivity index (χ3v) is 3.30. The fraction of sp³-hybridized carbons (Fsp3) is 0.375. The Morgan fingerprint density at radius 3 is 3.00 bits per heavy atom.